The molecule has 0 radical (unpaired) electrons. The highest BCUT2D eigenvalue weighted by Crippen LogP contribution is 2.28. The lowest BCUT2D eigenvalue weighted by molar-refractivity contribution is -0.137. The van der Waals surface area contributed by atoms with E-state index in [2.05, 4.69) is 12.2 Å². The number of halogens is 1. The van der Waals surface area contributed by atoms with E-state index in [0.29, 0.717) is 19.5 Å². The van der Waals surface area contributed by atoms with Crippen molar-refractivity contribution < 1.29 is 18.0 Å². The van der Waals surface area contributed by atoms with E-state index in [4.69, 9.17) is 0 Å². The van der Waals surface area contributed by atoms with E-state index in [0.717, 1.165) is 25.9 Å². The van der Waals surface area contributed by atoms with E-state index in [1.165, 1.54) is 0 Å². The molecular weight excluding hydrogens is 366 g/mol. The van der Waals surface area contributed by atoms with Crippen LogP contribution in [0.5, 0.6) is 0 Å². The number of nitrogens with one attached hydrogen (secondary N) is 1. The van der Waals surface area contributed by atoms with Gasteiger partial charge in [0.25, 0.3) is 0 Å². The summed E-state index contributed by atoms with van der Waals surface area (Å²) in [6, 6.07) is -0.0264. The molecule has 25 heavy (non-hydrogen) atoms. The van der Waals surface area contributed by atoms with Gasteiger partial charge in [-0.25, -0.2) is 8.42 Å². The molecule has 7 nitrogen and oxygen atoms in total. The molecule has 3 fully saturated rings. The summed E-state index contributed by atoms with van der Waals surface area (Å²) in [5.74, 6) is -0.146. The van der Waals surface area contributed by atoms with Crippen molar-refractivity contribution in [3.05, 3.63) is 0 Å². The highest BCUT2D eigenvalue weighted by Gasteiger charge is 2.43. The first-order valence-corrected chi connectivity index (χ1v) is 10.7. The number of amides is 2. The predicted molar refractivity (Wildman–Crippen MR) is 97.4 cm³/mol. The second kappa shape index (κ2) is 8.22. The third kappa shape index (κ3) is 4.46. The molecule has 3 atom stereocenters. The van der Waals surface area contributed by atoms with Gasteiger partial charge < -0.3 is 15.1 Å². The van der Waals surface area contributed by atoms with Crippen molar-refractivity contribution in [2.45, 2.75) is 44.7 Å². The summed E-state index contributed by atoms with van der Waals surface area (Å²) < 4.78 is 23.3. The molecule has 2 amide bonds. The number of carbonyl (C=O) groups excluding carboxylic acids is 2. The predicted octanol–water partition coefficient (Wildman–Crippen LogP) is 0.0443. The van der Waals surface area contributed by atoms with Crippen LogP contribution in [0.15, 0.2) is 0 Å². The zero-order chi connectivity index (χ0) is 17.3. The van der Waals surface area contributed by atoms with Crippen molar-refractivity contribution in [3.8, 4) is 0 Å². The molecule has 0 aromatic rings. The number of likely N-dealkylation sites (tertiary alicyclic amines) is 1. The minimum atomic E-state index is -3.03. The van der Waals surface area contributed by atoms with E-state index < -0.39 is 9.84 Å². The minimum Gasteiger partial charge on any atom is -0.338 e. The van der Waals surface area contributed by atoms with Crippen LogP contribution in [-0.2, 0) is 19.4 Å². The Bertz CT molecular complexity index is 607. The lowest BCUT2D eigenvalue weighted by Crippen LogP contribution is -2.46. The fraction of sp³-hybridized carbons (Fsp3) is 0.875. The van der Waals surface area contributed by atoms with Crippen LogP contribution >= 0.6 is 12.4 Å². The molecule has 1 N–H and O–H groups in total. The summed E-state index contributed by atoms with van der Waals surface area (Å²) in [4.78, 5) is 28.9. The van der Waals surface area contributed by atoms with Crippen LogP contribution in [0, 0.1) is 5.92 Å². The highest BCUT2D eigenvalue weighted by molar-refractivity contribution is 7.91. The van der Waals surface area contributed by atoms with E-state index in [9.17, 15) is 18.0 Å². The maximum Gasteiger partial charge on any atom is 0.228 e. The Morgan fingerprint density at radius 3 is 2.68 bits per heavy atom. The van der Waals surface area contributed by atoms with Crippen LogP contribution in [0.4, 0.5) is 0 Å². The lowest BCUT2D eigenvalue weighted by Gasteiger charge is -2.31. The molecule has 0 aromatic heterocycles. The summed E-state index contributed by atoms with van der Waals surface area (Å²) in [6.45, 7) is 4.88. The second-order valence-corrected chi connectivity index (χ2v) is 9.41. The molecular formula is C16H28ClN3O4S. The number of nitrogens with zero attached hydrogens (tertiary/aromatic N) is 2. The average molecular weight is 394 g/mol. The first-order chi connectivity index (χ1) is 11.4. The highest BCUT2D eigenvalue weighted by atomic mass is 35.5. The number of carbonyl (C=O) groups is 2. The number of hydrogen-bond donors (Lipinski definition) is 1. The second-order valence-electron chi connectivity index (χ2n) is 7.18. The third-order valence-electron chi connectivity index (χ3n) is 5.38. The first-order valence-electron chi connectivity index (χ1n) is 8.92. The Hall–Kier alpha value is -0.860. The SMILES string of the molecule is CCCN(C(=O)C1CC(=O)N(C2CCS(=O)(=O)C2)C1)C1CCNC1.Cl. The van der Waals surface area contributed by atoms with Gasteiger partial charge in [-0.3, -0.25) is 9.59 Å². The Balaban J connectivity index is 0.00000225. The Labute approximate surface area is 155 Å². The summed E-state index contributed by atoms with van der Waals surface area (Å²) in [5.41, 5.74) is 0. The normalized spacial score (nSPS) is 31.2. The van der Waals surface area contributed by atoms with Crippen LogP contribution in [-0.4, -0.2) is 79.8 Å². The van der Waals surface area contributed by atoms with Crippen LogP contribution in [0.3, 0.4) is 0 Å². The fourth-order valence-electron chi connectivity index (χ4n) is 4.12. The summed E-state index contributed by atoms with van der Waals surface area (Å²) in [6.07, 6.45) is 2.57. The van der Waals surface area contributed by atoms with Gasteiger partial charge in [0.2, 0.25) is 11.8 Å². The van der Waals surface area contributed by atoms with Gasteiger partial charge in [0, 0.05) is 38.1 Å². The Morgan fingerprint density at radius 2 is 2.12 bits per heavy atom. The van der Waals surface area contributed by atoms with Gasteiger partial charge >= 0.3 is 0 Å². The molecule has 3 rings (SSSR count). The quantitative estimate of drug-likeness (QED) is 0.712. The largest absolute Gasteiger partial charge is 0.338 e. The van der Waals surface area contributed by atoms with Crippen LogP contribution in [0.2, 0.25) is 0 Å². The molecule has 0 saturated carbocycles. The summed E-state index contributed by atoms with van der Waals surface area (Å²) >= 11 is 0. The van der Waals surface area contributed by atoms with Gasteiger partial charge in [-0.05, 0) is 25.8 Å². The molecule has 0 aromatic carbocycles. The van der Waals surface area contributed by atoms with Crippen LogP contribution < -0.4 is 5.32 Å². The third-order valence-corrected chi connectivity index (χ3v) is 7.13. The zero-order valence-corrected chi connectivity index (χ0v) is 16.3. The van der Waals surface area contributed by atoms with Gasteiger partial charge in [-0.15, -0.1) is 12.4 Å². The molecule has 3 aliphatic heterocycles. The number of rotatable bonds is 5. The van der Waals surface area contributed by atoms with Gasteiger partial charge in [0.15, 0.2) is 9.84 Å². The van der Waals surface area contributed by atoms with Crippen molar-refractivity contribution in [2.24, 2.45) is 5.92 Å². The molecule has 3 unspecified atom stereocenters. The monoisotopic (exact) mass is 393 g/mol. The maximum absolute atomic E-state index is 13.0. The lowest BCUT2D eigenvalue weighted by atomic mass is 10.0. The molecule has 3 saturated heterocycles. The van der Waals surface area contributed by atoms with Gasteiger partial charge in [0.1, 0.15) is 0 Å². The fourth-order valence-corrected chi connectivity index (χ4v) is 5.86. The number of hydrogen-bond acceptors (Lipinski definition) is 5. The van der Waals surface area contributed by atoms with Crippen molar-refractivity contribution in [3.63, 3.8) is 0 Å². The van der Waals surface area contributed by atoms with Crippen LogP contribution in [0.25, 0.3) is 0 Å². The van der Waals surface area contributed by atoms with E-state index >= 15 is 0 Å². The Morgan fingerprint density at radius 1 is 1.36 bits per heavy atom. The van der Waals surface area contributed by atoms with E-state index in [1.54, 1.807) is 4.90 Å². The van der Waals surface area contributed by atoms with Crippen molar-refractivity contribution in [1.29, 1.82) is 0 Å². The van der Waals surface area contributed by atoms with Gasteiger partial charge in [0.05, 0.1) is 17.4 Å². The van der Waals surface area contributed by atoms with Crippen LogP contribution in [0.1, 0.15) is 32.6 Å². The van der Waals surface area contributed by atoms with Gasteiger partial charge in [-0.1, -0.05) is 6.92 Å². The summed E-state index contributed by atoms with van der Waals surface area (Å²) in [5, 5.41) is 3.29. The van der Waals surface area contributed by atoms with Gasteiger partial charge in [-0.2, -0.15) is 0 Å². The molecule has 3 aliphatic rings. The standard InChI is InChI=1S/C16H27N3O4S.ClH/c1-2-6-18(13-3-5-17-9-13)16(21)12-8-15(20)19(10-12)14-4-7-24(22,23)11-14;/h12-14,17H,2-11H2,1H3;1H. The zero-order valence-electron chi connectivity index (χ0n) is 14.6. The molecule has 144 valence electrons. The van der Waals surface area contributed by atoms with Crippen molar-refractivity contribution in [2.75, 3.05) is 37.7 Å². The molecule has 0 aliphatic carbocycles. The molecule has 0 bridgehead atoms. The maximum atomic E-state index is 13.0. The van der Waals surface area contributed by atoms with E-state index in [1.807, 2.05) is 4.90 Å². The number of sulfone groups is 1. The first kappa shape index (κ1) is 20.5. The minimum absolute atomic E-state index is 0. The molecule has 3 heterocycles. The molecule has 9 heteroatoms. The van der Waals surface area contributed by atoms with E-state index in [-0.39, 0.29) is 60.1 Å². The topological polar surface area (TPSA) is 86.8 Å². The summed E-state index contributed by atoms with van der Waals surface area (Å²) in [7, 11) is -3.03. The molecule has 0 spiro atoms. The van der Waals surface area contributed by atoms with Crippen molar-refractivity contribution >= 4 is 34.1 Å². The van der Waals surface area contributed by atoms with Crippen molar-refractivity contribution in [1.82, 2.24) is 15.1 Å². The Kier molecular flexibility index (Phi) is 6.73. The smallest absolute Gasteiger partial charge is 0.228 e. The average Bonchev–Trinajstić information content (AvgIpc) is 3.24.